The second-order valence-electron chi connectivity index (χ2n) is 9.27. The zero-order valence-corrected chi connectivity index (χ0v) is 21.7. The Hall–Kier alpha value is -2.66. The van der Waals surface area contributed by atoms with Crippen LogP contribution in [0.2, 0.25) is 0 Å². The van der Waals surface area contributed by atoms with E-state index in [1.807, 2.05) is 54.6 Å². The van der Waals surface area contributed by atoms with Gasteiger partial charge in [-0.2, -0.15) is 0 Å². The number of ether oxygens (including phenoxy) is 1. The van der Waals surface area contributed by atoms with E-state index >= 15 is 0 Å². The Morgan fingerprint density at radius 2 is 1.40 bits per heavy atom. The molecule has 0 heterocycles. The van der Waals surface area contributed by atoms with Gasteiger partial charge in [-0.3, -0.25) is 9.59 Å². The minimum atomic E-state index is -0.329. The van der Waals surface area contributed by atoms with Crippen LogP contribution in [0.1, 0.15) is 106 Å². The van der Waals surface area contributed by atoms with Gasteiger partial charge in [-0.15, -0.1) is 0 Å². The topological polar surface area (TPSA) is 67.4 Å². The number of amides is 1. The van der Waals surface area contributed by atoms with Gasteiger partial charge in [0.2, 0.25) is 0 Å². The molecule has 5 heteroatoms. The Balaban J connectivity index is 1.61. The average molecular weight is 481 g/mol. The lowest BCUT2D eigenvalue weighted by molar-refractivity contribution is -0.146. The van der Waals surface area contributed by atoms with E-state index in [0.29, 0.717) is 18.7 Å². The minimum absolute atomic E-state index is 0.0144. The van der Waals surface area contributed by atoms with E-state index in [2.05, 4.69) is 17.6 Å². The Bertz CT molecular complexity index is 836. The first-order valence-electron chi connectivity index (χ1n) is 13.4. The number of rotatable bonds is 18. The first kappa shape index (κ1) is 28.6. The van der Waals surface area contributed by atoms with Crippen LogP contribution in [0.15, 0.2) is 54.6 Å². The van der Waals surface area contributed by atoms with Gasteiger partial charge in [0.15, 0.2) is 0 Å². The van der Waals surface area contributed by atoms with Crippen LogP contribution in [-0.4, -0.2) is 25.0 Å². The van der Waals surface area contributed by atoms with Crippen molar-refractivity contribution in [3.05, 3.63) is 71.3 Å². The fourth-order valence-electron chi connectivity index (χ4n) is 4.13. The molecule has 0 radical (unpaired) electrons. The zero-order valence-electron chi connectivity index (χ0n) is 21.7. The molecule has 35 heavy (non-hydrogen) atoms. The van der Waals surface area contributed by atoms with Crippen molar-refractivity contribution in [2.75, 3.05) is 13.1 Å². The monoisotopic (exact) mass is 480 g/mol. The highest BCUT2D eigenvalue weighted by Gasteiger charge is 2.14. The second kappa shape index (κ2) is 17.7. The fourth-order valence-corrected chi connectivity index (χ4v) is 4.13. The third kappa shape index (κ3) is 12.6. The quantitative estimate of drug-likeness (QED) is 0.183. The van der Waals surface area contributed by atoms with Crippen LogP contribution in [0.25, 0.3) is 0 Å². The Labute approximate surface area is 212 Å². The summed E-state index contributed by atoms with van der Waals surface area (Å²) in [6, 6.07) is 17.4. The molecule has 0 aliphatic heterocycles. The normalized spacial score (nSPS) is 11.7. The van der Waals surface area contributed by atoms with Gasteiger partial charge < -0.3 is 15.4 Å². The number of benzene rings is 2. The maximum absolute atomic E-state index is 12.4. The Morgan fingerprint density at radius 1 is 0.800 bits per heavy atom. The van der Waals surface area contributed by atoms with Crippen LogP contribution in [0.4, 0.5) is 0 Å². The molecule has 2 N–H and O–H groups in total. The minimum Gasteiger partial charge on any atom is -0.456 e. The molecule has 192 valence electrons. The molecule has 0 saturated heterocycles. The number of esters is 1. The van der Waals surface area contributed by atoms with E-state index in [1.165, 1.54) is 64.7 Å². The maximum Gasteiger partial charge on any atom is 0.303 e. The van der Waals surface area contributed by atoms with E-state index in [0.717, 1.165) is 24.1 Å². The van der Waals surface area contributed by atoms with Crippen molar-refractivity contribution in [2.24, 2.45) is 0 Å². The standard InChI is InChI=1S/C30H44N2O3/c1-3-4-5-6-7-8-9-10-11-15-22-32-30(34)28-20-18-26(19-21-28)23-31-24-29(35-25(2)33)27-16-13-12-14-17-27/h12-14,16-21,29,31H,3-11,15,22-24H2,1-2H3,(H,32,34). The molecular weight excluding hydrogens is 436 g/mol. The molecule has 2 aromatic rings. The summed E-state index contributed by atoms with van der Waals surface area (Å²) in [6.07, 6.45) is 12.6. The first-order chi connectivity index (χ1) is 17.1. The van der Waals surface area contributed by atoms with Gasteiger partial charge in [0.05, 0.1) is 0 Å². The lowest BCUT2D eigenvalue weighted by Crippen LogP contribution is -2.25. The third-order valence-electron chi connectivity index (χ3n) is 6.17. The maximum atomic E-state index is 12.4. The predicted octanol–water partition coefficient (Wildman–Crippen LogP) is 6.73. The van der Waals surface area contributed by atoms with E-state index in [1.54, 1.807) is 0 Å². The highest BCUT2D eigenvalue weighted by Crippen LogP contribution is 2.17. The van der Waals surface area contributed by atoms with Gasteiger partial charge in [-0.25, -0.2) is 0 Å². The molecule has 1 atom stereocenters. The highest BCUT2D eigenvalue weighted by atomic mass is 16.5. The third-order valence-corrected chi connectivity index (χ3v) is 6.17. The smallest absolute Gasteiger partial charge is 0.303 e. The summed E-state index contributed by atoms with van der Waals surface area (Å²) < 4.78 is 5.46. The molecule has 0 bridgehead atoms. The number of hydrogen-bond donors (Lipinski definition) is 2. The Morgan fingerprint density at radius 3 is 2.00 bits per heavy atom. The van der Waals surface area contributed by atoms with Crippen molar-refractivity contribution in [1.82, 2.24) is 10.6 Å². The molecule has 2 rings (SSSR count). The number of carbonyl (C=O) groups excluding carboxylic acids is 2. The first-order valence-corrected chi connectivity index (χ1v) is 13.4. The lowest BCUT2D eigenvalue weighted by Gasteiger charge is -2.18. The van der Waals surface area contributed by atoms with Gasteiger partial charge in [0, 0.05) is 32.1 Å². The largest absolute Gasteiger partial charge is 0.456 e. The van der Waals surface area contributed by atoms with Crippen molar-refractivity contribution in [3.8, 4) is 0 Å². The molecule has 2 aromatic carbocycles. The Kier molecular flexibility index (Phi) is 14.5. The van der Waals surface area contributed by atoms with Crippen LogP contribution in [0.5, 0.6) is 0 Å². The van der Waals surface area contributed by atoms with Crippen LogP contribution in [0, 0.1) is 0 Å². The number of nitrogens with one attached hydrogen (secondary N) is 2. The number of unbranched alkanes of at least 4 members (excludes halogenated alkanes) is 9. The highest BCUT2D eigenvalue weighted by molar-refractivity contribution is 5.94. The van der Waals surface area contributed by atoms with E-state index in [-0.39, 0.29) is 18.0 Å². The number of carbonyl (C=O) groups is 2. The molecule has 5 nitrogen and oxygen atoms in total. The van der Waals surface area contributed by atoms with E-state index in [9.17, 15) is 9.59 Å². The van der Waals surface area contributed by atoms with Gasteiger partial charge >= 0.3 is 5.97 Å². The van der Waals surface area contributed by atoms with Crippen molar-refractivity contribution in [3.63, 3.8) is 0 Å². The molecular formula is C30H44N2O3. The van der Waals surface area contributed by atoms with Gasteiger partial charge in [-0.1, -0.05) is 107 Å². The molecule has 0 spiro atoms. The summed E-state index contributed by atoms with van der Waals surface area (Å²) in [7, 11) is 0. The van der Waals surface area contributed by atoms with Crippen LogP contribution >= 0.6 is 0 Å². The molecule has 0 fully saturated rings. The van der Waals surface area contributed by atoms with Crippen LogP contribution in [0.3, 0.4) is 0 Å². The second-order valence-corrected chi connectivity index (χ2v) is 9.27. The van der Waals surface area contributed by atoms with Crippen LogP contribution in [-0.2, 0) is 16.1 Å². The van der Waals surface area contributed by atoms with Gasteiger partial charge in [-0.05, 0) is 29.7 Å². The van der Waals surface area contributed by atoms with Crippen molar-refractivity contribution in [2.45, 2.75) is 90.7 Å². The van der Waals surface area contributed by atoms with E-state index < -0.39 is 0 Å². The average Bonchev–Trinajstić information content (AvgIpc) is 2.87. The summed E-state index contributed by atoms with van der Waals surface area (Å²) in [6.45, 7) is 5.56. The molecule has 0 saturated carbocycles. The summed E-state index contributed by atoms with van der Waals surface area (Å²) in [4.78, 5) is 23.9. The molecule has 0 aliphatic carbocycles. The van der Waals surface area contributed by atoms with Gasteiger partial charge in [0.1, 0.15) is 6.10 Å². The fraction of sp³-hybridized carbons (Fsp3) is 0.533. The summed E-state index contributed by atoms with van der Waals surface area (Å²) in [5.41, 5.74) is 2.72. The van der Waals surface area contributed by atoms with Crippen molar-refractivity contribution in [1.29, 1.82) is 0 Å². The molecule has 0 aliphatic rings. The predicted molar refractivity (Wildman–Crippen MR) is 143 cm³/mol. The molecule has 1 amide bonds. The SMILES string of the molecule is CCCCCCCCCCCCNC(=O)c1ccc(CNCC(OC(C)=O)c2ccccc2)cc1. The van der Waals surface area contributed by atoms with Gasteiger partial charge in [0.25, 0.3) is 5.91 Å². The zero-order chi connectivity index (χ0) is 25.1. The summed E-state index contributed by atoms with van der Waals surface area (Å²) in [5, 5.41) is 6.39. The van der Waals surface area contributed by atoms with Crippen LogP contribution < -0.4 is 10.6 Å². The summed E-state index contributed by atoms with van der Waals surface area (Å²) >= 11 is 0. The molecule has 1 unspecified atom stereocenters. The van der Waals surface area contributed by atoms with Crippen molar-refractivity contribution >= 4 is 11.9 Å². The number of hydrogen-bond acceptors (Lipinski definition) is 4. The van der Waals surface area contributed by atoms with Crippen molar-refractivity contribution < 1.29 is 14.3 Å². The van der Waals surface area contributed by atoms with E-state index in [4.69, 9.17) is 4.74 Å². The lowest BCUT2D eigenvalue weighted by atomic mass is 10.1. The summed E-state index contributed by atoms with van der Waals surface area (Å²) in [5.74, 6) is -0.312. The molecule has 0 aromatic heterocycles.